The van der Waals surface area contributed by atoms with Crippen molar-refractivity contribution in [1.82, 2.24) is 9.88 Å². The Bertz CT molecular complexity index is 779. The molecule has 1 saturated heterocycles. The van der Waals surface area contributed by atoms with Crippen LogP contribution in [0.25, 0.3) is 10.9 Å². The molecule has 140 valence electrons. The highest BCUT2D eigenvalue weighted by molar-refractivity contribution is 5.94. The first-order valence-electron chi connectivity index (χ1n) is 9.65. The molecule has 1 fully saturated rings. The monoisotopic (exact) mass is 354 g/mol. The van der Waals surface area contributed by atoms with E-state index in [2.05, 4.69) is 48.9 Å². The molecule has 1 aromatic carbocycles. The van der Waals surface area contributed by atoms with Crippen LogP contribution < -0.4 is 10.2 Å². The smallest absolute Gasteiger partial charge is 0.224 e. The Morgan fingerprint density at radius 3 is 2.58 bits per heavy atom. The van der Waals surface area contributed by atoms with Crippen molar-refractivity contribution in [1.29, 1.82) is 0 Å². The number of aromatic nitrogens is 1. The number of carbonyl (C=O) groups is 1. The van der Waals surface area contributed by atoms with Crippen LogP contribution in [0.3, 0.4) is 0 Å². The molecule has 26 heavy (non-hydrogen) atoms. The fourth-order valence-electron chi connectivity index (χ4n) is 3.49. The van der Waals surface area contributed by atoms with Crippen molar-refractivity contribution >= 4 is 28.3 Å². The summed E-state index contributed by atoms with van der Waals surface area (Å²) in [7, 11) is 0. The van der Waals surface area contributed by atoms with Gasteiger partial charge in [0.05, 0.1) is 5.52 Å². The molecule has 1 aromatic heterocycles. The van der Waals surface area contributed by atoms with Crippen LogP contribution in [0.2, 0.25) is 0 Å². The highest BCUT2D eigenvalue weighted by Gasteiger charge is 2.18. The SMILES string of the molecule is CCN1CCN(c2cc(C)c3cc(NC(=O)CC(C)C)ccc3n2)CC1. The molecule has 2 aromatic rings. The van der Waals surface area contributed by atoms with Gasteiger partial charge in [0, 0.05) is 43.7 Å². The number of hydrogen-bond acceptors (Lipinski definition) is 4. The fraction of sp³-hybridized carbons (Fsp3) is 0.524. The van der Waals surface area contributed by atoms with Gasteiger partial charge >= 0.3 is 0 Å². The van der Waals surface area contributed by atoms with E-state index in [9.17, 15) is 4.79 Å². The van der Waals surface area contributed by atoms with Crippen LogP contribution in [-0.4, -0.2) is 48.5 Å². The van der Waals surface area contributed by atoms with Crippen LogP contribution in [0.1, 0.15) is 32.8 Å². The van der Waals surface area contributed by atoms with Gasteiger partial charge in [-0.3, -0.25) is 4.79 Å². The molecule has 5 nitrogen and oxygen atoms in total. The van der Waals surface area contributed by atoms with Crippen molar-refractivity contribution in [3.8, 4) is 0 Å². The van der Waals surface area contributed by atoms with Crippen LogP contribution in [0.5, 0.6) is 0 Å². The van der Waals surface area contributed by atoms with E-state index < -0.39 is 0 Å². The van der Waals surface area contributed by atoms with E-state index >= 15 is 0 Å². The molecule has 0 unspecified atom stereocenters. The topological polar surface area (TPSA) is 48.5 Å². The minimum Gasteiger partial charge on any atom is -0.354 e. The van der Waals surface area contributed by atoms with Crippen molar-refractivity contribution in [2.24, 2.45) is 5.92 Å². The van der Waals surface area contributed by atoms with E-state index in [-0.39, 0.29) is 5.91 Å². The predicted molar refractivity (Wildman–Crippen MR) is 109 cm³/mol. The lowest BCUT2D eigenvalue weighted by Crippen LogP contribution is -2.46. The normalized spacial score (nSPS) is 15.7. The number of benzene rings is 1. The zero-order valence-corrected chi connectivity index (χ0v) is 16.4. The summed E-state index contributed by atoms with van der Waals surface area (Å²) < 4.78 is 0. The summed E-state index contributed by atoms with van der Waals surface area (Å²) in [5.41, 5.74) is 3.03. The van der Waals surface area contributed by atoms with Gasteiger partial charge in [-0.2, -0.15) is 0 Å². The van der Waals surface area contributed by atoms with E-state index in [1.165, 1.54) is 5.56 Å². The zero-order valence-electron chi connectivity index (χ0n) is 16.4. The molecule has 2 heterocycles. The summed E-state index contributed by atoms with van der Waals surface area (Å²) in [5.74, 6) is 1.48. The van der Waals surface area contributed by atoms with Crippen LogP contribution in [0.4, 0.5) is 11.5 Å². The van der Waals surface area contributed by atoms with Crippen LogP contribution >= 0.6 is 0 Å². The summed E-state index contributed by atoms with van der Waals surface area (Å²) in [5, 5.41) is 4.10. The molecular weight excluding hydrogens is 324 g/mol. The number of nitrogens with zero attached hydrogens (tertiary/aromatic N) is 3. The van der Waals surface area contributed by atoms with Crippen molar-refractivity contribution < 1.29 is 4.79 Å². The number of piperazine rings is 1. The molecule has 0 spiro atoms. The van der Waals surface area contributed by atoms with Gasteiger partial charge in [-0.05, 0) is 49.2 Å². The molecule has 1 N–H and O–H groups in total. The van der Waals surface area contributed by atoms with Gasteiger partial charge in [0.1, 0.15) is 5.82 Å². The first-order chi connectivity index (χ1) is 12.5. The number of likely N-dealkylation sites (N-methyl/N-ethyl adjacent to an activating group) is 1. The summed E-state index contributed by atoms with van der Waals surface area (Å²) in [6.45, 7) is 13.8. The number of hydrogen-bond donors (Lipinski definition) is 1. The van der Waals surface area contributed by atoms with Crippen molar-refractivity contribution in [2.75, 3.05) is 42.9 Å². The lowest BCUT2D eigenvalue weighted by Gasteiger charge is -2.35. The minimum absolute atomic E-state index is 0.0652. The van der Waals surface area contributed by atoms with E-state index in [4.69, 9.17) is 4.98 Å². The Morgan fingerprint density at radius 2 is 1.92 bits per heavy atom. The van der Waals surface area contributed by atoms with Gasteiger partial charge < -0.3 is 15.1 Å². The van der Waals surface area contributed by atoms with Gasteiger partial charge in [-0.15, -0.1) is 0 Å². The summed E-state index contributed by atoms with van der Waals surface area (Å²) in [6, 6.07) is 8.17. The predicted octanol–water partition coefficient (Wildman–Crippen LogP) is 3.67. The Kier molecular flexibility index (Phi) is 5.77. The van der Waals surface area contributed by atoms with Crippen LogP contribution in [0.15, 0.2) is 24.3 Å². The number of amides is 1. The number of aryl methyl sites for hydroxylation is 1. The highest BCUT2D eigenvalue weighted by Crippen LogP contribution is 2.26. The number of pyridine rings is 1. The summed E-state index contributed by atoms with van der Waals surface area (Å²) in [4.78, 5) is 21.7. The highest BCUT2D eigenvalue weighted by atomic mass is 16.1. The van der Waals surface area contributed by atoms with E-state index in [1.54, 1.807) is 0 Å². The molecule has 0 atom stereocenters. The van der Waals surface area contributed by atoms with Crippen molar-refractivity contribution in [3.63, 3.8) is 0 Å². The molecule has 0 radical (unpaired) electrons. The molecule has 0 saturated carbocycles. The maximum atomic E-state index is 12.0. The Morgan fingerprint density at radius 1 is 1.19 bits per heavy atom. The standard InChI is InChI=1S/C21H30N4O/c1-5-24-8-10-25(11-9-24)20-13-16(4)18-14-17(6-7-19(18)23-20)22-21(26)12-15(2)3/h6-7,13-15H,5,8-12H2,1-4H3,(H,22,26). The van der Waals surface area contributed by atoms with E-state index in [0.717, 1.165) is 55.1 Å². The first-order valence-corrected chi connectivity index (χ1v) is 9.65. The largest absolute Gasteiger partial charge is 0.354 e. The second kappa shape index (κ2) is 8.04. The Labute approximate surface area is 156 Å². The second-order valence-corrected chi connectivity index (χ2v) is 7.60. The van der Waals surface area contributed by atoms with Crippen molar-refractivity contribution in [2.45, 2.75) is 34.1 Å². The quantitative estimate of drug-likeness (QED) is 0.890. The molecular formula is C21H30N4O. The van der Waals surface area contributed by atoms with Gasteiger partial charge in [-0.1, -0.05) is 20.8 Å². The number of fused-ring (bicyclic) bond motifs is 1. The number of rotatable bonds is 5. The lowest BCUT2D eigenvalue weighted by atomic mass is 10.1. The molecule has 3 rings (SSSR count). The van der Waals surface area contributed by atoms with Gasteiger partial charge in [-0.25, -0.2) is 4.98 Å². The molecule has 1 aliphatic rings. The molecule has 0 aliphatic carbocycles. The second-order valence-electron chi connectivity index (χ2n) is 7.60. The van der Waals surface area contributed by atoms with Crippen LogP contribution in [0, 0.1) is 12.8 Å². The third kappa shape index (κ3) is 4.33. The van der Waals surface area contributed by atoms with Gasteiger partial charge in [0.2, 0.25) is 5.91 Å². The number of nitrogens with one attached hydrogen (secondary N) is 1. The van der Waals surface area contributed by atoms with E-state index in [0.29, 0.717) is 12.3 Å². The summed E-state index contributed by atoms with van der Waals surface area (Å²) >= 11 is 0. The van der Waals surface area contributed by atoms with Gasteiger partial charge in [0.15, 0.2) is 0 Å². The van der Waals surface area contributed by atoms with Gasteiger partial charge in [0.25, 0.3) is 0 Å². The van der Waals surface area contributed by atoms with Crippen LogP contribution in [-0.2, 0) is 4.79 Å². The molecule has 5 heteroatoms. The average Bonchev–Trinajstić information content (AvgIpc) is 2.61. The van der Waals surface area contributed by atoms with Crippen molar-refractivity contribution in [3.05, 3.63) is 29.8 Å². The fourth-order valence-corrected chi connectivity index (χ4v) is 3.49. The third-order valence-corrected chi connectivity index (χ3v) is 5.02. The molecule has 1 amide bonds. The maximum Gasteiger partial charge on any atom is 0.224 e. The number of anilines is 2. The maximum absolute atomic E-state index is 12.0. The first kappa shape index (κ1) is 18.6. The third-order valence-electron chi connectivity index (χ3n) is 5.02. The zero-order chi connectivity index (χ0) is 18.7. The molecule has 0 bridgehead atoms. The Balaban J connectivity index is 1.79. The molecule has 1 aliphatic heterocycles. The summed E-state index contributed by atoms with van der Waals surface area (Å²) in [6.07, 6.45) is 0.540. The lowest BCUT2D eigenvalue weighted by molar-refractivity contribution is -0.116. The minimum atomic E-state index is 0.0652. The van der Waals surface area contributed by atoms with E-state index in [1.807, 2.05) is 18.2 Å². The Hall–Kier alpha value is -2.14. The number of carbonyl (C=O) groups excluding carboxylic acids is 1. The average molecular weight is 354 g/mol.